The molecule has 21 heavy (non-hydrogen) atoms. The van der Waals surface area contributed by atoms with E-state index in [0.717, 1.165) is 5.56 Å². The number of anilines is 1. The minimum atomic E-state index is -0.537. The average molecular weight is 293 g/mol. The number of nitrogens with two attached hydrogens (primary N) is 1. The Kier molecular flexibility index (Phi) is 6.17. The standard InChI is InChI=1S/C15H23N3O3/c1-9(2)6-12(8-19)18-15(21)17-11-5-4-10(3)13(7-11)14(16)20/h4-5,7,9,12,19H,6,8H2,1-3H3,(H2,16,20)(H2,17,18,21). The molecule has 0 bridgehead atoms. The van der Waals surface area contributed by atoms with E-state index in [1.807, 2.05) is 13.8 Å². The molecule has 0 fully saturated rings. The Bertz CT molecular complexity index is 515. The van der Waals surface area contributed by atoms with Gasteiger partial charge >= 0.3 is 6.03 Å². The Morgan fingerprint density at radius 1 is 1.33 bits per heavy atom. The van der Waals surface area contributed by atoms with Gasteiger partial charge in [0.25, 0.3) is 0 Å². The molecule has 0 aliphatic carbocycles. The molecule has 0 radical (unpaired) electrons. The second-order valence-electron chi connectivity index (χ2n) is 5.50. The number of benzene rings is 1. The molecule has 6 heteroatoms. The molecule has 0 aliphatic rings. The van der Waals surface area contributed by atoms with Gasteiger partial charge in [-0.3, -0.25) is 4.79 Å². The Labute approximate surface area is 124 Å². The van der Waals surface area contributed by atoms with E-state index in [0.29, 0.717) is 23.6 Å². The highest BCUT2D eigenvalue weighted by Crippen LogP contribution is 2.15. The second kappa shape index (κ2) is 7.64. The lowest BCUT2D eigenvalue weighted by Crippen LogP contribution is -2.41. The number of aliphatic hydroxyl groups is 1. The molecule has 1 atom stereocenters. The van der Waals surface area contributed by atoms with Gasteiger partial charge in [0.1, 0.15) is 0 Å². The lowest BCUT2D eigenvalue weighted by Gasteiger charge is -2.18. The first-order valence-corrected chi connectivity index (χ1v) is 6.92. The lowest BCUT2D eigenvalue weighted by molar-refractivity contribution is 0.0999. The highest BCUT2D eigenvalue weighted by molar-refractivity contribution is 5.97. The zero-order valence-electron chi connectivity index (χ0n) is 12.6. The minimum Gasteiger partial charge on any atom is -0.394 e. The topological polar surface area (TPSA) is 104 Å². The molecular formula is C15H23N3O3. The molecule has 116 valence electrons. The first kappa shape index (κ1) is 17.0. The van der Waals surface area contributed by atoms with Crippen LogP contribution in [0, 0.1) is 12.8 Å². The monoisotopic (exact) mass is 293 g/mol. The SMILES string of the molecule is Cc1ccc(NC(=O)NC(CO)CC(C)C)cc1C(N)=O. The smallest absolute Gasteiger partial charge is 0.319 e. The van der Waals surface area contributed by atoms with Crippen LogP contribution < -0.4 is 16.4 Å². The second-order valence-corrected chi connectivity index (χ2v) is 5.50. The molecule has 0 aromatic heterocycles. The summed E-state index contributed by atoms with van der Waals surface area (Å²) < 4.78 is 0. The number of hydrogen-bond donors (Lipinski definition) is 4. The number of aliphatic hydroxyl groups excluding tert-OH is 1. The fraction of sp³-hybridized carbons (Fsp3) is 0.467. The van der Waals surface area contributed by atoms with Gasteiger partial charge in [0, 0.05) is 11.3 Å². The fourth-order valence-corrected chi connectivity index (χ4v) is 2.07. The van der Waals surface area contributed by atoms with Crippen molar-refractivity contribution in [2.24, 2.45) is 11.7 Å². The van der Waals surface area contributed by atoms with Crippen molar-refractivity contribution in [2.75, 3.05) is 11.9 Å². The van der Waals surface area contributed by atoms with E-state index in [-0.39, 0.29) is 12.6 Å². The third-order valence-electron chi connectivity index (χ3n) is 3.07. The highest BCUT2D eigenvalue weighted by atomic mass is 16.3. The van der Waals surface area contributed by atoms with E-state index in [4.69, 9.17) is 5.73 Å². The van der Waals surface area contributed by atoms with Gasteiger partial charge in [-0.2, -0.15) is 0 Å². The third-order valence-corrected chi connectivity index (χ3v) is 3.07. The van der Waals surface area contributed by atoms with Gasteiger partial charge in [0.05, 0.1) is 12.6 Å². The normalized spacial score (nSPS) is 12.0. The minimum absolute atomic E-state index is 0.119. The molecule has 5 N–H and O–H groups in total. The Morgan fingerprint density at radius 3 is 2.52 bits per heavy atom. The molecule has 6 nitrogen and oxygen atoms in total. The van der Waals surface area contributed by atoms with Gasteiger partial charge in [0.2, 0.25) is 5.91 Å². The first-order valence-electron chi connectivity index (χ1n) is 6.92. The molecule has 0 heterocycles. The molecule has 1 rings (SSSR count). The zero-order valence-corrected chi connectivity index (χ0v) is 12.6. The first-order chi connectivity index (χ1) is 9.83. The fourth-order valence-electron chi connectivity index (χ4n) is 2.07. The number of carbonyl (C=O) groups excluding carboxylic acids is 2. The zero-order chi connectivity index (χ0) is 16.0. The summed E-state index contributed by atoms with van der Waals surface area (Å²) in [5, 5.41) is 14.6. The van der Waals surface area contributed by atoms with Crippen LogP contribution in [-0.2, 0) is 0 Å². The predicted octanol–water partition coefficient (Wildman–Crippen LogP) is 1.62. The molecule has 3 amide bonds. The number of nitrogens with one attached hydrogen (secondary N) is 2. The summed E-state index contributed by atoms with van der Waals surface area (Å²) in [4.78, 5) is 23.1. The van der Waals surface area contributed by atoms with Crippen LogP contribution >= 0.6 is 0 Å². The maximum atomic E-state index is 11.9. The maximum Gasteiger partial charge on any atom is 0.319 e. The van der Waals surface area contributed by atoms with Crippen molar-refractivity contribution < 1.29 is 14.7 Å². The summed E-state index contributed by atoms with van der Waals surface area (Å²) in [6, 6.07) is 4.22. The Balaban J connectivity index is 2.70. The summed E-state index contributed by atoms with van der Waals surface area (Å²) in [6.07, 6.45) is 0.685. The van der Waals surface area contributed by atoms with Gasteiger partial charge in [-0.1, -0.05) is 19.9 Å². The third kappa shape index (κ3) is 5.43. The number of primary amides is 1. The Hall–Kier alpha value is -2.08. The van der Waals surface area contributed by atoms with Crippen molar-refractivity contribution in [3.8, 4) is 0 Å². The van der Waals surface area contributed by atoms with Crippen LogP contribution in [0.15, 0.2) is 18.2 Å². The van der Waals surface area contributed by atoms with Crippen molar-refractivity contribution in [3.05, 3.63) is 29.3 Å². The van der Waals surface area contributed by atoms with Crippen molar-refractivity contribution in [2.45, 2.75) is 33.2 Å². The van der Waals surface area contributed by atoms with E-state index in [1.54, 1.807) is 19.1 Å². The predicted molar refractivity (Wildman–Crippen MR) is 82.2 cm³/mol. The number of carbonyl (C=O) groups is 2. The van der Waals surface area contributed by atoms with Gasteiger partial charge in [-0.05, 0) is 37.0 Å². The summed E-state index contributed by atoms with van der Waals surface area (Å²) >= 11 is 0. The lowest BCUT2D eigenvalue weighted by atomic mass is 10.0. The Morgan fingerprint density at radius 2 is 2.00 bits per heavy atom. The van der Waals surface area contributed by atoms with Gasteiger partial charge in [-0.15, -0.1) is 0 Å². The van der Waals surface area contributed by atoms with E-state index in [1.165, 1.54) is 6.07 Å². The van der Waals surface area contributed by atoms with Gasteiger partial charge < -0.3 is 21.5 Å². The van der Waals surface area contributed by atoms with Crippen LogP contribution in [0.5, 0.6) is 0 Å². The summed E-state index contributed by atoms with van der Waals surface area (Å²) in [5.41, 5.74) is 6.87. The number of amides is 3. The van der Waals surface area contributed by atoms with Crippen molar-refractivity contribution in [1.82, 2.24) is 5.32 Å². The van der Waals surface area contributed by atoms with Crippen LogP contribution in [0.2, 0.25) is 0 Å². The molecule has 0 saturated carbocycles. The summed E-state index contributed by atoms with van der Waals surface area (Å²) in [5.74, 6) is -0.173. The number of aryl methyl sites for hydroxylation is 1. The molecule has 0 spiro atoms. The largest absolute Gasteiger partial charge is 0.394 e. The molecule has 1 unspecified atom stereocenters. The molecule has 0 saturated heterocycles. The van der Waals surface area contributed by atoms with Crippen LogP contribution in [0.3, 0.4) is 0 Å². The quantitative estimate of drug-likeness (QED) is 0.640. The summed E-state index contributed by atoms with van der Waals surface area (Å²) in [7, 11) is 0. The number of rotatable bonds is 6. The molecular weight excluding hydrogens is 270 g/mol. The van der Waals surface area contributed by atoms with E-state index in [2.05, 4.69) is 10.6 Å². The van der Waals surface area contributed by atoms with Crippen LogP contribution in [0.1, 0.15) is 36.2 Å². The van der Waals surface area contributed by atoms with Gasteiger partial charge in [0.15, 0.2) is 0 Å². The summed E-state index contributed by atoms with van der Waals surface area (Å²) in [6.45, 7) is 5.68. The van der Waals surface area contributed by atoms with Crippen molar-refractivity contribution >= 4 is 17.6 Å². The molecule has 1 aromatic rings. The molecule has 0 aliphatic heterocycles. The van der Waals surface area contributed by atoms with Gasteiger partial charge in [-0.25, -0.2) is 4.79 Å². The highest BCUT2D eigenvalue weighted by Gasteiger charge is 2.14. The van der Waals surface area contributed by atoms with E-state index >= 15 is 0 Å². The van der Waals surface area contributed by atoms with Crippen LogP contribution in [0.4, 0.5) is 10.5 Å². The van der Waals surface area contributed by atoms with Crippen LogP contribution in [0.25, 0.3) is 0 Å². The number of hydrogen-bond acceptors (Lipinski definition) is 3. The van der Waals surface area contributed by atoms with E-state index < -0.39 is 11.9 Å². The van der Waals surface area contributed by atoms with Crippen molar-refractivity contribution in [3.63, 3.8) is 0 Å². The molecule has 1 aromatic carbocycles. The number of urea groups is 1. The van der Waals surface area contributed by atoms with Crippen molar-refractivity contribution in [1.29, 1.82) is 0 Å². The van der Waals surface area contributed by atoms with E-state index in [9.17, 15) is 14.7 Å². The maximum absolute atomic E-state index is 11.9. The van der Waals surface area contributed by atoms with Crippen LogP contribution in [-0.4, -0.2) is 29.7 Å². The average Bonchev–Trinajstić information content (AvgIpc) is 2.39.